The normalized spacial score (nSPS) is 14.6. The fourth-order valence-electron chi connectivity index (χ4n) is 1.81. The fraction of sp³-hybridized carbons (Fsp3) is 0.600. The topological polar surface area (TPSA) is 47.3 Å². The smallest absolute Gasteiger partial charge is 0.119 e. The average Bonchev–Trinajstić information content (AvgIpc) is 2.36. The highest BCUT2D eigenvalue weighted by Gasteiger charge is 2.11. The highest BCUT2D eigenvalue weighted by molar-refractivity contribution is 5.29. The second kappa shape index (κ2) is 7.39. The van der Waals surface area contributed by atoms with E-state index in [-0.39, 0.29) is 12.1 Å². The van der Waals surface area contributed by atoms with Crippen LogP contribution in [0.1, 0.15) is 45.7 Å². The summed E-state index contributed by atoms with van der Waals surface area (Å²) in [6, 6.07) is 8.89. The molecule has 2 unspecified atom stereocenters. The number of benzene rings is 1. The Bertz CT molecular complexity index is 335. The molecule has 0 heterocycles. The molecule has 0 saturated carbocycles. The first-order valence-electron chi connectivity index (χ1n) is 6.79. The van der Waals surface area contributed by atoms with Gasteiger partial charge in [-0.1, -0.05) is 19.1 Å². The summed E-state index contributed by atoms with van der Waals surface area (Å²) in [5.74, 6) is 0.910. The molecule has 3 nitrogen and oxygen atoms in total. The molecular weight excluding hydrogens is 224 g/mol. The highest BCUT2D eigenvalue weighted by atomic mass is 16.5. The maximum atomic E-state index is 5.83. The molecule has 0 bridgehead atoms. The monoisotopic (exact) mass is 250 g/mol. The van der Waals surface area contributed by atoms with Crippen LogP contribution in [-0.2, 0) is 0 Å². The minimum atomic E-state index is 0.208. The van der Waals surface area contributed by atoms with Crippen molar-refractivity contribution in [3.05, 3.63) is 29.8 Å². The molecule has 0 amide bonds. The Labute approximate surface area is 111 Å². The Morgan fingerprint density at radius 3 is 2.22 bits per heavy atom. The standard InChI is InChI=1S/C15H26N2O/c1-5-12(4)17-15(10-16)13-6-8-14(9-7-13)18-11(2)3/h6-9,11-12,15,17H,5,10,16H2,1-4H3. The van der Waals surface area contributed by atoms with Crippen LogP contribution in [0.15, 0.2) is 24.3 Å². The van der Waals surface area contributed by atoms with Crippen LogP contribution < -0.4 is 15.8 Å². The maximum Gasteiger partial charge on any atom is 0.119 e. The van der Waals surface area contributed by atoms with Crippen molar-refractivity contribution in [2.24, 2.45) is 5.73 Å². The van der Waals surface area contributed by atoms with Crippen molar-refractivity contribution >= 4 is 0 Å². The first kappa shape index (κ1) is 15.0. The van der Waals surface area contributed by atoms with Gasteiger partial charge >= 0.3 is 0 Å². The molecule has 0 fully saturated rings. The zero-order valence-corrected chi connectivity index (χ0v) is 11.9. The van der Waals surface area contributed by atoms with E-state index in [0.29, 0.717) is 12.6 Å². The molecule has 3 heteroatoms. The maximum absolute atomic E-state index is 5.83. The summed E-state index contributed by atoms with van der Waals surface area (Å²) in [7, 11) is 0. The second-order valence-electron chi connectivity index (χ2n) is 5.00. The predicted octanol–water partition coefficient (Wildman–Crippen LogP) is 2.86. The van der Waals surface area contributed by atoms with E-state index in [0.717, 1.165) is 12.2 Å². The third-order valence-corrected chi connectivity index (χ3v) is 2.99. The van der Waals surface area contributed by atoms with Gasteiger partial charge in [-0.05, 0) is 44.9 Å². The van der Waals surface area contributed by atoms with Gasteiger partial charge in [0.05, 0.1) is 6.10 Å². The van der Waals surface area contributed by atoms with Crippen molar-refractivity contribution in [3.63, 3.8) is 0 Å². The molecule has 0 spiro atoms. The number of hydrogen-bond donors (Lipinski definition) is 2. The van der Waals surface area contributed by atoms with Gasteiger partial charge in [0, 0.05) is 18.6 Å². The second-order valence-corrected chi connectivity index (χ2v) is 5.00. The summed E-state index contributed by atoms with van der Waals surface area (Å²) >= 11 is 0. The summed E-state index contributed by atoms with van der Waals surface area (Å²) in [6.07, 6.45) is 1.31. The number of ether oxygens (including phenoxy) is 1. The van der Waals surface area contributed by atoms with Gasteiger partial charge in [0.25, 0.3) is 0 Å². The lowest BCUT2D eigenvalue weighted by atomic mass is 10.1. The molecule has 0 saturated heterocycles. The van der Waals surface area contributed by atoms with Crippen LogP contribution in [0, 0.1) is 0 Å². The summed E-state index contributed by atoms with van der Waals surface area (Å²) in [6.45, 7) is 9.01. The molecule has 1 rings (SSSR count). The van der Waals surface area contributed by atoms with Crippen LogP contribution in [0.25, 0.3) is 0 Å². The lowest BCUT2D eigenvalue weighted by Gasteiger charge is -2.22. The molecule has 1 aromatic carbocycles. The number of hydrogen-bond acceptors (Lipinski definition) is 3. The number of nitrogens with one attached hydrogen (secondary N) is 1. The Hall–Kier alpha value is -1.06. The molecule has 0 aliphatic carbocycles. The molecule has 18 heavy (non-hydrogen) atoms. The minimum Gasteiger partial charge on any atom is -0.491 e. The minimum absolute atomic E-state index is 0.208. The Morgan fingerprint density at radius 2 is 1.78 bits per heavy atom. The molecular formula is C15H26N2O. The Balaban J connectivity index is 2.69. The third-order valence-electron chi connectivity index (χ3n) is 2.99. The molecule has 0 radical (unpaired) electrons. The van der Waals surface area contributed by atoms with Gasteiger partial charge in [0.1, 0.15) is 5.75 Å². The van der Waals surface area contributed by atoms with Crippen LogP contribution >= 0.6 is 0 Å². The van der Waals surface area contributed by atoms with Crippen molar-refractivity contribution in [3.8, 4) is 5.75 Å². The summed E-state index contributed by atoms with van der Waals surface area (Å²) in [4.78, 5) is 0. The SMILES string of the molecule is CCC(C)NC(CN)c1ccc(OC(C)C)cc1. The van der Waals surface area contributed by atoms with E-state index in [9.17, 15) is 0 Å². The lowest BCUT2D eigenvalue weighted by Crippen LogP contribution is -2.34. The molecule has 2 atom stereocenters. The number of rotatable bonds is 7. The van der Waals surface area contributed by atoms with Gasteiger partial charge < -0.3 is 15.8 Å². The Kier molecular flexibility index (Phi) is 6.16. The van der Waals surface area contributed by atoms with Crippen molar-refractivity contribution in [2.45, 2.75) is 52.3 Å². The zero-order chi connectivity index (χ0) is 13.5. The average molecular weight is 250 g/mol. The summed E-state index contributed by atoms with van der Waals surface area (Å²) in [5, 5.41) is 3.53. The van der Waals surface area contributed by atoms with E-state index in [1.54, 1.807) is 0 Å². The lowest BCUT2D eigenvalue weighted by molar-refractivity contribution is 0.242. The van der Waals surface area contributed by atoms with Crippen LogP contribution in [0.2, 0.25) is 0 Å². The van der Waals surface area contributed by atoms with Crippen molar-refractivity contribution in [1.29, 1.82) is 0 Å². The molecule has 3 N–H and O–H groups in total. The van der Waals surface area contributed by atoms with Gasteiger partial charge in [-0.25, -0.2) is 0 Å². The summed E-state index contributed by atoms with van der Waals surface area (Å²) in [5.41, 5.74) is 7.05. The van der Waals surface area contributed by atoms with Crippen molar-refractivity contribution in [2.75, 3.05) is 6.54 Å². The fourth-order valence-corrected chi connectivity index (χ4v) is 1.81. The Morgan fingerprint density at radius 1 is 1.17 bits per heavy atom. The molecule has 1 aromatic rings. The van der Waals surface area contributed by atoms with E-state index in [1.165, 1.54) is 5.56 Å². The van der Waals surface area contributed by atoms with Gasteiger partial charge in [0.2, 0.25) is 0 Å². The predicted molar refractivity (Wildman–Crippen MR) is 76.9 cm³/mol. The third kappa shape index (κ3) is 4.67. The van der Waals surface area contributed by atoms with Crippen molar-refractivity contribution in [1.82, 2.24) is 5.32 Å². The largest absolute Gasteiger partial charge is 0.491 e. The van der Waals surface area contributed by atoms with E-state index in [2.05, 4.69) is 31.3 Å². The van der Waals surface area contributed by atoms with E-state index in [1.807, 2.05) is 26.0 Å². The number of nitrogens with two attached hydrogens (primary N) is 1. The van der Waals surface area contributed by atoms with Gasteiger partial charge in [-0.2, -0.15) is 0 Å². The first-order chi connectivity index (χ1) is 8.56. The highest BCUT2D eigenvalue weighted by Crippen LogP contribution is 2.19. The molecule has 102 valence electrons. The van der Waals surface area contributed by atoms with Crippen molar-refractivity contribution < 1.29 is 4.74 Å². The first-order valence-corrected chi connectivity index (χ1v) is 6.79. The van der Waals surface area contributed by atoms with Gasteiger partial charge in [-0.3, -0.25) is 0 Å². The zero-order valence-electron chi connectivity index (χ0n) is 11.9. The van der Waals surface area contributed by atoms with Gasteiger partial charge in [0.15, 0.2) is 0 Å². The van der Waals surface area contributed by atoms with Crippen LogP contribution in [0.4, 0.5) is 0 Å². The summed E-state index contributed by atoms with van der Waals surface area (Å²) < 4.78 is 5.63. The van der Waals surface area contributed by atoms with E-state index >= 15 is 0 Å². The van der Waals surface area contributed by atoms with Crippen LogP contribution in [-0.4, -0.2) is 18.7 Å². The van der Waals surface area contributed by atoms with E-state index < -0.39 is 0 Å². The van der Waals surface area contributed by atoms with Crippen LogP contribution in [0.5, 0.6) is 5.75 Å². The molecule has 0 aromatic heterocycles. The van der Waals surface area contributed by atoms with Gasteiger partial charge in [-0.15, -0.1) is 0 Å². The molecule has 0 aliphatic rings. The van der Waals surface area contributed by atoms with E-state index in [4.69, 9.17) is 10.5 Å². The van der Waals surface area contributed by atoms with Crippen LogP contribution in [0.3, 0.4) is 0 Å². The molecule has 0 aliphatic heterocycles. The quantitative estimate of drug-likeness (QED) is 0.782.